The normalized spacial score (nSPS) is 11.6. The Balaban J connectivity index is 0.0000144. The Hall–Kier alpha value is -0.0600. The average molecular weight is 581 g/mol. The fraction of sp³-hybridized carbons (Fsp3) is 0.838. The van der Waals surface area contributed by atoms with Crippen molar-refractivity contribution in [2.24, 2.45) is 0 Å². The van der Waals surface area contributed by atoms with E-state index in [0.29, 0.717) is 0 Å². The van der Waals surface area contributed by atoms with Crippen LogP contribution in [0.5, 0.6) is 0 Å². The van der Waals surface area contributed by atoms with Crippen LogP contribution in [-0.2, 0) is 6.16 Å². The molecule has 0 bridgehead atoms. The smallest absolute Gasteiger partial charge is 0.0842 e. The van der Waals surface area contributed by atoms with Gasteiger partial charge in [-0.15, -0.1) is 0 Å². The van der Waals surface area contributed by atoms with Crippen molar-refractivity contribution in [2.45, 2.75) is 181 Å². The van der Waals surface area contributed by atoms with Crippen molar-refractivity contribution < 1.29 is 12.4 Å². The van der Waals surface area contributed by atoms with E-state index in [-0.39, 0.29) is 12.4 Å². The highest BCUT2D eigenvalue weighted by Crippen LogP contribution is 2.63. The average Bonchev–Trinajstić information content (AvgIpc) is 2.93. The molecule has 0 radical (unpaired) electrons. The van der Waals surface area contributed by atoms with Crippen LogP contribution in [0.25, 0.3) is 0 Å². The lowest BCUT2D eigenvalue weighted by Crippen LogP contribution is -3.00. The van der Waals surface area contributed by atoms with Gasteiger partial charge in [0.15, 0.2) is 0 Å². The molecule has 0 amide bonds. The summed E-state index contributed by atoms with van der Waals surface area (Å²) in [5, 5.41) is 0. The topological polar surface area (TPSA) is 0 Å². The first kappa shape index (κ1) is 38.9. The molecule has 0 atom stereocenters. The summed E-state index contributed by atoms with van der Waals surface area (Å²) < 4.78 is 0. The van der Waals surface area contributed by atoms with Crippen molar-refractivity contribution in [2.75, 3.05) is 18.5 Å². The highest BCUT2D eigenvalue weighted by Gasteiger charge is 2.35. The van der Waals surface area contributed by atoms with Crippen LogP contribution >= 0.6 is 7.26 Å². The summed E-state index contributed by atoms with van der Waals surface area (Å²) in [6.45, 7) is 6.98. The summed E-state index contributed by atoms with van der Waals surface area (Å²) in [7, 11) is -0.917. The van der Waals surface area contributed by atoms with Crippen LogP contribution in [0.2, 0.25) is 0 Å². The van der Waals surface area contributed by atoms with Gasteiger partial charge in [0.05, 0.1) is 24.6 Å². The van der Waals surface area contributed by atoms with E-state index >= 15 is 0 Å². The largest absolute Gasteiger partial charge is 1.00 e. The lowest BCUT2D eigenvalue weighted by molar-refractivity contribution is -0.00000848. The Morgan fingerprint density at radius 3 is 0.974 bits per heavy atom. The van der Waals surface area contributed by atoms with Gasteiger partial charge in [0.1, 0.15) is 0 Å². The van der Waals surface area contributed by atoms with E-state index in [1.807, 2.05) is 0 Å². The monoisotopic (exact) mass is 580 g/mol. The van der Waals surface area contributed by atoms with Gasteiger partial charge in [-0.25, -0.2) is 0 Å². The Labute approximate surface area is 254 Å². The molecule has 0 spiro atoms. The number of hydrogen-bond acceptors (Lipinski definition) is 0. The third-order valence-corrected chi connectivity index (χ3v) is 13.6. The second-order valence-corrected chi connectivity index (χ2v) is 16.9. The summed E-state index contributed by atoms with van der Waals surface area (Å²) in [5.74, 6) is 0. The summed E-state index contributed by atoms with van der Waals surface area (Å²) >= 11 is 0. The molecule has 0 heterocycles. The molecule has 39 heavy (non-hydrogen) atoms. The minimum absolute atomic E-state index is 0. The number of rotatable bonds is 29. The Morgan fingerprint density at radius 2 is 0.667 bits per heavy atom. The van der Waals surface area contributed by atoms with Gasteiger partial charge >= 0.3 is 0 Å². The molecule has 1 rings (SSSR count). The van der Waals surface area contributed by atoms with Crippen LogP contribution in [0.15, 0.2) is 30.3 Å². The molecule has 0 N–H and O–H groups in total. The molecule has 230 valence electrons. The fourth-order valence-electron chi connectivity index (χ4n) is 6.29. The molecule has 0 nitrogen and oxygen atoms in total. The van der Waals surface area contributed by atoms with Crippen LogP contribution in [0.1, 0.15) is 180 Å². The predicted octanol–water partition coefficient (Wildman–Crippen LogP) is 10.6. The van der Waals surface area contributed by atoms with Gasteiger partial charge in [-0.1, -0.05) is 167 Å². The number of unbranched alkanes of at least 4 members (excludes halogenated alkanes) is 21. The lowest BCUT2D eigenvalue weighted by Gasteiger charge is -2.28. The van der Waals surface area contributed by atoms with Gasteiger partial charge in [-0.2, -0.15) is 0 Å². The second kappa shape index (κ2) is 29.4. The van der Waals surface area contributed by atoms with Crippen LogP contribution in [-0.4, -0.2) is 18.5 Å². The first-order chi connectivity index (χ1) is 18.8. The molecule has 0 aliphatic heterocycles. The molecule has 0 fully saturated rings. The first-order valence-electron chi connectivity index (χ1n) is 17.7. The van der Waals surface area contributed by atoms with Gasteiger partial charge in [-0.05, 0) is 44.1 Å². The molecule has 0 aromatic heterocycles. The SMILES string of the molecule is CCCCCCCCCC[P+](CCCCCCCCCC)(CCCCCCCCCC)Cc1ccccc1.[Cl-]. The Bertz CT molecular complexity index is 536. The molecule has 0 unspecified atom stereocenters. The number of halogens is 1. The number of benzene rings is 1. The highest BCUT2D eigenvalue weighted by atomic mass is 35.5. The van der Waals surface area contributed by atoms with Crippen LogP contribution < -0.4 is 12.4 Å². The molecular weight excluding hydrogens is 511 g/mol. The van der Waals surface area contributed by atoms with E-state index in [4.69, 9.17) is 0 Å². The second-order valence-electron chi connectivity index (χ2n) is 12.6. The van der Waals surface area contributed by atoms with Crippen molar-refractivity contribution in [1.82, 2.24) is 0 Å². The highest BCUT2D eigenvalue weighted by molar-refractivity contribution is 7.75. The maximum Gasteiger partial charge on any atom is 0.0842 e. The summed E-state index contributed by atoms with van der Waals surface area (Å²) in [6.07, 6.45) is 41.1. The number of hydrogen-bond donors (Lipinski definition) is 0. The maximum absolute atomic E-state index is 2.43. The molecule has 2 heteroatoms. The van der Waals surface area contributed by atoms with Gasteiger partial charge < -0.3 is 12.4 Å². The van der Waals surface area contributed by atoms with E-state index in [1.165, 1.54) is 160 Å². The predicted molar refractivity (Wildman–Crippen MR) is 179 cm³/mol. The van der Waals surface area contributed by atoms with Crippen LogP contribution in [0, 0.1) is 0 Å². The third kappa shape index (κ3) is 23.2. The van der Waals surface area contributed by atoms with E-state index < -0.39 is 7.26 Å². The lowest BCUT2D eigenvalue weighted by atomic mass is 10.1. The summed E-state index contributed by atoms with van der Waals surface area (Å²) in [5.41, 5.74) is 1.64. The third-order valence-electron chi connectivity index (χ3n) is 8.82. The van der Waals surface area contributed by atoms with Crippen molar-refractivity contribution in [1.29, 1.82) is 0 Å². The van der Waals surface area contributed by atoms with Crippen molar-refractivity contribution in [3.8, 4) is 0 Å². The fourth-order valence-corrected chi connectivity index (χ4v) is 11.1. The minimum atomic E-state index is -0.917. The molecular formula is C37H70ClP. The van der Waals surface area contributed by atoms with Gasteiger partial charge in [0, 0.05) is 7.26 Å². The standard InChI is InChI=1S/C37H70P.ClH/c1-4-7-10-13-16-19-22-28-33-38(36-37-31-26-25-27-32-37,34-29-23-20-17-14-11-8-5-2)35-30-24-21-18-15-12-9-6-3;/h25-27,31-32H,4-24,28-30,33-36H2,1-3H3;1H/q+1;/p-1. The Kier molecular flexibility index (Phi) is 29.4. The van der Waals surface area contributed by atoms with E-state index in [2.05, 4.69) is 51.1 Å². The zero-order chi connectivity index (χ0) is 27.4. The maximum atomic E-state index is 2.43. The quantitative estimate of drug-likeness (QED) is 0.0652. The molecule has 1 aromatic carbocycles. The van der Waals surface area contributed by atoms with Gasteiger partial charge in [-0.3, -0.25) is 0 Å². The van der Waals surface area contributed by atoms with E-state index in [0.717, 1.165) is 0 Å². The molecule has 0 saturated heterocycles. The van der Waals surface area contributed by atoms with Gasteiger partial charge in [0.2, 0.25) is 0 Å². The van der Waals surface area contributed by atoms with Gasteiger partial charge in [0.25, 0.3) is 0 Å². The molecule has 0 aliphatic rings. The zero-order valence-corrected chi connectivity index (χ0v) is 28.7. The summed E-state index contributed by atoms with van der Waals surface area (Å²) in [6, 6.07) is 11.6. The van der Waals surface area contributed by atoms with E-state index in [1.54, 1.807) is 24.0 Å². The van der Waals surface area contributed by atoms with Crippen LogP contribution in [0.3, 0.4) is 0 Å². The van der Waals surface area contributed by atoms with Crippen molar-refractivity contribution in [3.05, 3.63) is 35.9 Å². The van der Waals surface area contributed by atoms with Crippen molar-refractivity contribution in [3.63, 3.8) is 0 Å². The van der Waals surface area contributed by atoms with Crippen LogP contribution in [0.4, 0.5) is 0 Å². The van der Waals surface area contributed by atoms with E-state index in [9.17, 15) is 0 Å². The minimum Gasteiger partial charge on any atom is -1.00 e. The molecule has 0 aliphatic carbocycles. The molecule has 1 aromatic rings. The Morgan fingerprint density at radius 1 is 0.385 bits per heavy atom. The molecule has 0 saturated carbocycles. The first-order valence-corrected chi connectivity index (χ1v) is 20.2. The van der Waals surface area contributed by atoms with Crippen molar-refractivity contribution >= 4 is 7.26 Å². The zero-order valence-electron chi connectivity index (χ0n) is 27.0. The summed E-state index contributed by atoms with van der Waals surface area (Å²) in [4.78, 5) is 0.